The van der Waals surface area contributed by atoms with E-state index in [4.69, 9.17) is 0 Å². The first-order chi connectivity index (χ1) is 16.8. The fraction of sp³-hybridized carbons (Fsp3) is 0.0800. The van der Waals surface area contributed by atoms with E-state index in [-0.39, 0.29) is 5.69 Å². The molecule has 0 bridgehead atoms. The number of urea groups is 1. The predicted molar refractivity (Wildman–Crippen MR) is 128 cm³/mol. The van der Waals surface area contributed by atoms with E-state index >= 15 is 0 Å². The van der Waals surface area contributed by atoms with Crippen molar-refractivity contribution in [2.24, 2.45) is 7.05 Å². The van der Waals surface area contributed by atoms with E-state index in [1.54, 1.807) is 23.0 Å². The topological polar surface area (TPSA) is 87.6 Å². The van der Waals surface area contributed by atoms with Gasteiger partial charge in [-0.25, -0.2) is 4.79 Å². The number of hydrogen-bond acceptors (Lipinski definition) is 3. The van der Waals surface area contributed by atoms with Gasteiger partial charge in [-0.15, -0.1) is 0 Å². The van der Waals surface area contributed by atoms with Gasteiger partial charge >= 0.3 is 12.2 Å². The number of H-pyrrole nitrogens is 1. The molecule has 10 heteroatoms. The van der Waals surface area contributed by atoms with Crippen LogP contribution in [0.2, 0.25) is 0 Å². The lowest BCUT2D eigenvalue weighted by molar-refractivity contribution is -0.137. The lowest BCUT2D eigenvalue weighted by Crippen LogP contribution is -2.19. The fourth-order valence-electron chi connectivity index (χ4n) is 3.74. The number of nitrogens with one attached hydrogen (secondary N) is 3. The summed E-state index contributed by atoms with van der Waals surface area (Å²) >= 11 is 0. The summed E-state index contributed by atoms with van der Waals surface area (Å²) in [6.45, 7) is 0. The zero-order chi connectivity index (χ0) is 24.6. The molecule has 0 aliphatic rings. The number of halogens is 3. The fourth-order valence-corrected chi connectivity index (χ4v) is 3.74. The van der Waals surface area contributed by atoms with Crippen LogP contribution in [0.15, 0.2) is 79.1 Å². The van der Waals surface area contributed by atoms with Crippen LogP contribution in [0.3, 0.4) is 0 Å². The van der Waals surface area contributed by atoms with Crippen LogP contribution in [0.1, 0.15) is 5.56 Å². The average Bonchev–Trinajstić information content (AvgIpc) is 3.44. The number of aromatic nitrogens is 4. The van der Waals surface area contributed by atoms with Gasteiger partial charge in [0.15, 0.2) is 0 Å². The number of fused-ring (bicyclic) bond motifs is 1. The Kier molecular flexibility index (Phi) is 5.48. The van der Waals surface area contributed by atoms with Crippen molar-refractivity contribution in [1.29, 1.82) is 0 Å². The lowest BCUT2D eigenvalue weighted by atomic mass is 10.0. The molecule has 2 amide bonds. The van der Waals surface area contributed by atoms with E-state index in [1.807, 2.05) is 43.6 Å². The summed E-state index contributed by atoms with van der Waals surface area (Å²) in [4.78, 5) is 12.2. The number of nitrogens with zero attached hydrogens (tertiary/aromatic N) is 3. The number of alkyl halides is 3. The number of carbonyl (C=O) groups excluding carboxylic acids is 1. The van der Waals surface area contributed by atoms with E-state index in [2.05, 4.69) is 25.9 Å². The minimum Gasteiger partial charge on any atom is -0.308 e. The summed E-state index contributed by atoms with van der Waals surface area (Å²) < 4.78 is 39.7. The molecule has 0 aliphatic heterocycles. The zero-order valence-corrected chi connectivity index (χ0v) is 18.4. The smallest absolute Gasteiger partial charge is 0.308 e. The lowest BCUT2D eigenvalue weighted by Gasteiger charge is -2.10. The number of benzene rings is 3. The van der Waals surface area contributed by atoms with Gasteiger partial charge in [-0.05, 0) is 59.7 Å². The van der Waals surface area contributed by atoms with Crippen molar-refractivity contribution in [2.75, 3.05) is 10.6 Å². The molecule has 5 aromatic rings. The van der Waals surface area contributed by atoms with Crippen LogP contribution >= 0.6 is 0 Å². The summed E-state index contributed by atoms with van der Waals surface area (Å²) in [6, 6.07) is 16.9. The average molecular weight is 476 g/mol. The number of hydrogen-bond donors (Lipinski definition) is 3. The molecule has 2 heterocycles. The van der Waals surface area contributed by atoms with Gasteiger partial charge in [0.05, 0.1) is 17.3 Å². The van der Waals surface area contributed by atoms with Gasteiger partial charge in [0.25, 0.3) is 0 Å². The minimum atomic E-state index is -4.42. The molecule has 0 saturated carbocycles. The third-order valence-electron chi connectivity index (χ3n) is 5.49. The first kappa shape index (κ1) is 22.2. The van der Waals surface area contributed by atoms with Crippen LogP contribution in [0, 0.1) is 0 Å². The molecule has 0 spiro atoms. The first-order valence-corrected chi connectivity index (χ1v) is 10.6. The quantitative estimate of drug-likeness (QED) is 0.285. The van der Waals surface area contributed by atoms with Crippen molar-refractivity contribution in [3.8, 4) is 22.4 Å². The molecule has 0 unspecified atom stereocenters. The van der Waals surface area contributed by atoms with Gasteiger partial charge in [-0.3, -0.25) is 9.78 Å². The Morgan fingerprint density at radius 1 is 0.886 bits per heavy atom. The van der Waals surface area contributed by atoms with E-state index in [0.29, 0.717) is 5.69 Å². The molecular weight excluding hydrogens is 457 g/mol. The highest BCUT2D eigenvalue weighted by Crippen LogP contribution is 2.31. The van der Waals surface area contributed by atoms with Crippen molar-refractivity contribution >= 4 is 28.3 Å². The van der Waals surface area contributed by atoms with Crippen LogP contribution in [0.5, 0.6) is 0 Å². The molecule has 0 saturated heterocycles. The first-order valence-electron chi connectivity index (χ1n) is 10.6. The number of rotatable bonds is 4. The highest BCUT2D eigenvalue weighted by atomic mass is 19.4. The van der Waals surface area contributed by atoms with E-state index < -0.39 is 17.8 Å². The van der Waals surface area contributed by atoms with Crippen LogP contribution in [0.25, 0.3) is 33.3 Å². The van der Waals surface area contributed by atoms with Crippen molar-refractivity contribution in [1.82, 2.24) is 20.0 Å². The maximum Gasteiger partial charge on any atom is 0.416 e. The van der Waals surface area contributed by atoms with E-state index in [0.717, 1.165) is 45.4 Å². The van der Waals surface area contributed by atoms with Crippen molar-refractivity contribution in [2.45, 2.75) is 6.18 Å². The predicted octanol–water partition coefficient (Wildman–Crippen LogP) is 6.29. The summed E-state index contributed by atoms with van der Waals surface area (Å²) in [5.74, 6) is 0. The zero-order valence-electron chi connectivity index (χ0n) is 18.4. The minimum absolute atomic E-state index is 0.255. The van der Waals surface area contributed by atoms with E-state index in [9.17, 15) is 18.0 Å². The molecule has 176 valence electrons. The molecule has 3 N–H and O–H groups in total. The second-order valence-corrected chi connectivity index (χ2v) is 7.97. The Bertz CT molecular complexity index is 1500. The van der Waals surface area contributed by atoms with Crippen LogP contribution in [-0.2, 0) is 13.2 Å². The van der Waals surface area contributed by atoms with E-state index in [1.165, 1.54) is 12.1 Å². The summed E-state index contributed by atoms with van der Waals surface area (Å²) in [5, 5.41) is 17.9. The Morgan fingerprint density at radius 2 is 1.51 bits per heavy atom. The third kappa shape index (κ3) is 4.72. The Morgan fingerprint density at radius 3 is 2.11 bits per heavy atom. The molecule has 3 aromatic carbocycles. The molecule has 0 aliphatic carbocycles. The molecule has 5 rings (SSSR count). The third-order valence-corrected chi connectivity index (χ3v) is 5.49. The van der Waals surface area contributed by atoms with Crippen LogP contribution in [0.4, 0.5) is 29.3 Å². The summed E-state index contributed by atoms with van der Waals surface area (Å²) in [6.07, 6.45) is -0.752. The van der Waals surface area contributed by atoms with Gasteiger partial charge in [-0.2, -0.15) is 23.4 Å². The normalized spacial score (nSPS) is 11.5. The van der Waals surface area contributed by atoms with Crippen LogP contribution < -0.4 is 10.6 Å². The second-order valence-electron chi connectivity index (χ2n) is 7.97. The van der Waals surface area contributed by atoms with Crippen molar-refractivity contribution in [3.63, 3.8) is 0 Å². The Labute approximate surface area is 197 Å². The largest absolute Gasteiger partial charge is 0.416 e. The Hall–Kier alpha value is -4.60. The maximum absolute atomic E-state index is 12.7. The van der Waals surface area contributed by atoms with Gasteiger partial charge in [0, 0.05) is 35.6 Å². The standard InChI is InChI=1S/C25H19F3N6O/c1-34-14-17(13-29-34)23-21-11-4-16(12-22(21)32-33-23)15-2-7-19(8-3-15)30-24(35)31-20-9-5-18(6-10-20)25(26,27)28/h2-14H,1H3,(H,32,33)(H2,30,31,35). The number of anilines is 2. The molecule has 0 radical (unpaired) electrons. The summed E-state index contributed by atoms with van der Waals surface area (Å²) in [5.41, 5.74) is 4.58. The van der Waals surface area contributed by atoms with Gasteiger partial charge in [0.1, 0.15) is 5.69 Å². The van der Waals surface area contributed by atoms with Gasteiger partial charge in [0.2, 0.25) is 0 Å². The number of aryl methyl sites for hydroxylation is 1. The van der Waals surface area contributed by atoms with Crippen molar-refractivity contribution < 1.29 is 18.0 Å². The SMILES string of the molecule is Cn1cc(-c2n[nH]c3cc(-c4ccc(NC(=O)Nc5ccc(C(F)(F)F)cc5)cc4)ccc23)cn1. The molecule has 0 fully saturated rings. The Balaban J connectivity index is 1.26. The maximum atomic E-state index is 12.7. The molecule has 2 aromatic heterocycles. The highest BCUT2D eigenvalue weighted by molar-refractivity contribution is 6.00. The highest BCUT2D eigenvalue weighted by Gasteiger charge is 2.30. The molecular formula is C25H19F3N6O. The molecule has 0 atom stereocenters. The molecule has 35 heavy (non-hydrogen) atoms. The number of aromatic amines is 1. The van der Waals surface area contributed by atoms with Gasteiger partial charge in [-0.1, -0.05) is 18.2 Å². The van der Waals surface area contributed by atoms with Crippen molar-refractivity contribution in [3.05, 3.63) is 84.7 Å². The van der Waals surface area contributed by atoms with Gasteiger partial charge < -0.3 is 10.6 Å². The number of carbonyl (C=O) groups is 1. The summed E-state index contributed by atoms with van der Waals surface area (Å²) in [7, 11) is 1.85. The second kappa shape index (κ2) is 8.64. The number of amides is 2. The van der Waals surface area contributed by atoms with Crippen LogP contribution in [-0.4, -0.2) is 26.0 Å². The molecule has 7 nitrogen and oxygen atoms in total. The monoisotopic (exact) mass is 476 g/mol.